The predicted molar refractivity (Wildman–Crippen MR) is 99.2 cm³/mol. The largest absolute Gasteiger partial charge is 0.462 e. The van der Waals surface area contributed by atoms with E-state index in [9.17, 15) is 9.90 Å². The molecule has 0 spiro atoms. The van der Waals surface area contributed by atoms with Crippen molar-refractivity contribution in [3.8, 4) is 0 Å². The second-order valence-corrected chi connectivity index (χ2v) is 10.4. The van der Waals surface area contributed by atoms with Gasteiger partial charge in [-0.25, -0.2) is 0 Å². The molecule has 4 heteroatoms. The average molecular weight is 355 g/mol. The maximum Gasteiger partial charge on any atom is 0.302 e. The van der Waals surface area contributed by atoms with Gasteiger partial charge in [-0.1, -0.05) is 20.8 Å². The summed E-state index contributed by atoms with van der Waals surface area (Å²) in [6.45, 7) is 17.0. The molecule has 0 heterocycles. The van der Waals surface area contributed by atoms with E-state index in [0.717, 1.165) is 25.7 Å². The maximum atomic E-state index is 11.5. The summed E-state index contributed by atoms with van der Waals surface area (Å²) >= 11 is 0. The van der Waals surface area contributed by atoms with Crippen LogP contribution in [-0.4, -0.2) is 35.0 Å². The van der Waals surface area contributed by atoms with Crippen molar-refractivity contribution in [3.63, 3.8) is 0 Å². The van der Waals surface area contributed by atoms with E-state index in [0.29, 0.717) is 12.5 Å². The lowest BCUT2D eigenvalue weighted by molar-refractivity contribution is -0.221. The minimum atomic E-state index is -0.721. The highest BCUT2D eigenvalue weighted by Crippen LogP contribution is 2.62. The highest BCUT2D eigenvalue weighted by molar-refractivity contribution is 5.66. The first-order valence-corrected chi connectivity index (χ1v) is 9.74. The van der Waals surface area contributed by atoms with Crippen molar-refractivity contribution < 1.29 is 19.4 Å². The van der Waals surface area contributed by atoms with Crippen molar-refractivity contribution in [1.29, 1.82) is 0 Å². The van der Waals surface area contributed by atoms with Crippen molar-refractivity contribution in [1.82, 2.24) is 0 Å². The first kappa shape index (κ1) is 20.7. The molecule has 0 aromatic carbocycles. The quantitative estimate of drug-likeness (QED) is 0.766. The summed E-state index contributed by atoms with van der Waals surface area (Å²) in [5, 5.41) is 11.2. The van der Waals surface area contributed by atoms with Crippen LogP contribution in [0.25, 0.3) is 0 Å². The Labute approximate surface area is 153 Å². The minimum absolute atomic E-state index is 0.0207. The molecule has 5 unspecified atom stereocenters. The summed E-state index contributed by atoms with van der Waals surface area (Å²) in [5.41, 5.74) is -1.06. The van der Waals surface area contributed by atoms with Gasteiger partial charge in [-0.2, -0.15) is 0 Å². The molecule has 0 bridgehead atoms. The van der Waals surface area contributed by atoms with Crippen LogP contribution >= 0.6 is 0 Å². The van der Waals surface area contributed by atoms with Gasteiger partial charge in [0, 0.05) is 18.3 Å². The number of ether oxygens (including phenoxy) is 2. The Kier molecular flexibility index (Phi) is 5.40. The third-order valence-corrected chi connectivity index (χ3v) is 6.95. The first-order chi connectivity index (χ1) is 11.2. The van der Waals surface area contributed by atoms with Crippen molar-refractivity contribution in [2.75, 3.05) is 6.61 Å². The molecule has 2 aliphatic carbocycles. The van der Waals surface area contributed by atoms with Gasteiger partial charge in [0.15, 0.2) is 0 Å². The smallest absolute Gasteiger partial charge is 0.302 e. The SMILES string of the molecule is CC(=O)OC1CCC2(C)C(COC(C)(C)C)C(C)(O)CCC2C1(C)C. The number of fused-ring (bicyclic) bond motifs is 1. The predicted octanol–water partition coefficient (Wildman–Crippen LogP) is 4.34. The Morgan fingerprint density at radius 1 is 1.12 bits per heavy atom. The number of esters is 1. The Balaban J connectivity index is 2.31. The van der Waals surface area contributed by atoms with E-state index in [1.54, 1.807) is 0 Å². The monoisotopic (exact) mass is 354 g/mol. The van der Waals surface area contributed by atoms with Crippen molar-refractivity contribution in [2.45, 2.75) is 98.4 Å². The summed E-state index contributed by atoms with van der Waals surface area (Å²) < 4.78 is 11.8. The van der Waals surface area contributed by atoms with E-state index < -0.39 is 5.60 Å². The van der Waals surface area contributed by atoms with Gasteiger partial charge >= 0.3 is 5.97 Å². The fraction of sp³-hybridized carbons (Fsp3) is 0.952. The van der Waals surface area contributed by atoms with Gasteiger partial charge in [-0.3, -0.25) is 4.79 Å². The molecule has 2 fully saturated rings. The Hall–Kier alpha value is -0.610. The number of carbonyl (C=O) groups is 1. The molecule has 5 atom stereocenters. The van der Waals surface area contributed by atoms with Crippen molar-refractivity contribution >= 4 is 5.97 Å². The van der Waals surface area contributed by atoms with Crippen LogP contribution in [0.1, 0.15) is 81.1 Å². The Morgan fingerprint density at radius 2 is 1.72 bits per heavy atom. The van der Waals surface area contributed by atoms with Crippen LogP contribution in [-0.2, 0) is 14.3 Å². The van der Waals surface area contributed by atoms with Crippen LogP contribution in [0.2, 0.25) is 0 Å². The first-order valence-electron chi connectivity index (χ1n) is 9.74. The molecule has 0 saturated heterocycles. The lowest BCUT2D eigenvalue weighted by atomic mass is 9.45. The zero-order valence-corrected chi connectivity index (χ0v) is 17.4. The number of hydrogen-bond donors (Lipinski definition) is 1. The second-order valence-electron chi connectivity index (χ2n) is 10.4. The zero-order valence-electron chi connectivity index (χ0n) is 17.4. The molecule has 1 N–H and O–H groups in total. The van der Waals surface area contributed by atoms with Crippen molar-refractivity contribution in [3.05, 3.63) is 0 Å². The molecule has 0 aliphatic heterocycles. The van der Waals surface area contributed by atoms with Gasteiger partial charge in [0.2, 0.25) is 0 Å². The molecule has 25 heavy (non-hydrogen) atoms. The fourth-order valence-corrected chi connectivity index (χ4v) is 5.62. The van der Waals surface area contributed by atoms with Gasteiger partial charge in [-0.15, -0.1) is 0 Å². The van der Waals surface area contributed by atoms with Crippen LogP contribution in [0.3, 0.4) is 0 Å². The molecular weight excluding hydrogens is 316 g/mol. The van der Waals surface area contributed by atoms with E-state index >= 15 is 0 Å². The Bertz CT molecular complexity index is 503. The van der Waals surface area contributed by atoms with Crippen LogP contribution in [0, 0.1) is 22.7 Å². The minimum Gasteiger partial charge on any atom is -0.462 e. The summed E-state index contributed by atoms with van der Waals surface area (Å²) in [7, 11) is 0. The summed E-state index contributed by atoms with van der Waals surface area (Å²) in [5.74, 6) is 0.277. The van der Waals surface area contributed by atoms with Gasteiger partial charge in [-0.05, 0) is 64.7 Å². The number of hydrogen-bond acceptors (Lipinski definition) is 4. The Morgan fingerprint density at radius 3 is 2.24 bits per heavy atom. The summed E-state index contributed by atoms with van der Waals surface area (Å²) in [4.78, 5) is 11.5. The number of aliphatic hydroxyl groups is 1. The molecule has 2 saturated carbocycles. The highest BCUT2D eigenvalue weighted by atomic mass is 16.5. The molecule has 0 aromatic heterocycles. The normalized spacial score (nSPS) is 41.1. The topological polar surface area (TPSA) is 55.8 Å². The van der Waals surface area contributed by atoms with E-state index in [1.807, 2.05) is 6.92 Å². The van der Waals surface area contributed by atoms with Crippen molar-refractivity contribution in [2.24, 2.45) is 22.7 Å². The summed E-state index contributed by atoms with van der Waals surface area (Å²) in [6, 6.07) is 0. The maximum absolute atomic E-state index is 11.5. The average Bonchev–Trinajstić information content (AvgIpc) is 2.39. The third kappa shape index (κ3) is 4.05. The molecule has 2 rings (SSSR count). The van der Waals surface area contributed by atoms with E-state index in [-0.39, 0.29) is 34.4 Å². The lowest BCUT2D eigenvalue weighted by Crippen LogP contribution is -2.62. The number of carbonyl (C=O) groups excluding carboxylic acids is 1. The van der Waals surface area contributed by atoms with Crippen LogP contribution in [0.15, 0.2) is 0 Å². The molecule has 146 valence electrons. The van der Waals surface area contributed by atoms with Crippen LogP contribution in [0.4, 0.5) is 0 Å². The lowest BCUT2D eigenvalue weighted by Gasteiger charge is -2.62. The fourth-order valence-electron chi connectivity index (χ4n) is 5.62. The van der Waals surface area contributed by atoms with E-state index in [1.165, 1.54) is 6.92 Å². The second kappa shape index (κ2) is 6.53. The van der Waals surface area contributed by atoms with Crippen LogP contribution in [0.5, 0.6) is 0 Å². The van der Waals surface area contributed by atoms with E-state index in [4.69, 9.17) is 9.47 Å². The van der Waals surface area contributed by atoms with E-state index in [2.05, 4.69) is 41.5 Å². The van der Waals surface area contributed by atoms with Crippen LogP contribution < -0.4 is 0 Å². The van der Waals surface area contributed by atoms with Gasteiger partial charge in [0.05, 0.1) is 17.8 Å². The highest BCUT2D eigenvalue weighted by Gasteiger charge is 2.61. The molecule has 0 aromatic rings. The van der Waals surface area contributed by atoms with Gasteiger partial charge < -0.3 is 14.6 Å². The molecular formula is C21H38O4. The zero-order chi connectivity index (χ0) is 19.3. The molecule has 0 radical (unpaired) electrons. The number of rotatable bonds is 3. The third-order valence-electron chi connectivity index (χ3n) is 6.95. The van der Waals surface area contributed by atoms with Gasteiger partial charge in [0.1, 0.15) is 6.10 Å². The molecule has 2 aliphatic rings. The van der Waals surface area contributed by atoms with Gasteiger partial charge in [0.25, 0.3) is 0 Å². The molecule has 0 amide bonds. The summed E-state index contributed by atoms with van der Waals surface area (Å²) in [6.07, 6.45) is 3.48. The molecule has 4 nitrogen and oxygen atoms in total. The standard InChI is InChI=1S/C21H38O4/c1-14(22)25-17-10-11-20(7)15(19(17,5)6)9-12-21(8,23)16(20)13-24-18(2,3)4/h15-17,23H,9-13H2,1-8H3.